The average Bonchev–Trinajstić information content (AvgIpc) is 2.51. The molecule has 0 heterocycles. The van der Waals surface area contributed by atoms with Gasteiger partial charge in [0.2, 0.25) is 0 Å². The molecule has 3 rings (SSSR count). The molecule has 0 saturated heterocycles. The Labute approximate surface area is 133 Å². The molecule has 1 aliphatic carbocycles. The van der Waals surface area contributed by atoms with Crippen molar-refractivity contribution in [2.75, 3.05) is 0 Å². The number of carbonyl (C=O) groups is 1. The highest BCUT2D eigenvalue weighted by Crippen LogP contribution is 2.29. The van der Waals surface area contributed by atoms with Crippen molar-refractivity contribution in [2.24, 2.45) is 0 Å². The summed E-state index contributed by atoms with van der Waals surface area (Å²) >= 11 is 3.46. The maximum atomic E-state index is 12.7. The molecule has 0 spiro atoms. The summed E-state index contributed by atoms with van der Waals surface area (Å²) in [5.74, 6) is 0.170. The van der Waals surface area contributed by atoms with Gasteiger partial charge >= 0.3 is 0 Å². The molecule has 0 radical (unpaired) electrons. The SMILES string of the molecule is CCc1ccccc1C=C1CCc2ccc(Br)cc2C1=O. The molecule has 0 aliphatic heterocycles. The summed E-state index contributed by atoms with van der Waals surface area (Å²) in [5, 5.41) is 0. The van der Waals surface area contributed by atoms with Gasteiger partial charge in [0.15, 0.2) is 5.78 Å². The van der Waals surface area contributed by atoms with Crippen LogP contribution in [0.25, 0.3) is 6.08 Å². The van der Waals surface area contributed by atoms with Crippen LogP contribution in [0, 0.1) is 0 Å². The van der Waals surface area contributed by atoms with Gasteiger partial charge in [-0.2, -0.15) is 0 Å². The quantitative estimate of drug-likeness (QED) is 0.684. The summed E-state index contributed by atoms with van der Waals surface area (Å²) < 4.78 is 0.963. The Kier molecular flexibility index (Phi) is 4.07. The van der Waals surface area contributed by atoms with E-state index in [1.807, 2.05) is 24.3 Å². The molecule has 0 atom stereocenters. The molecule has 0 bridgehead atoms. The first-order chi connectivity index (χ1) is 10.2. The average molecular weight is 341 g/mol. The van der Waals surface area contributed by atoms with Gasteiger partial charge in [-0.3, -0.25) is 4.79 Å². The molecule has 106 valence electrons. The molecule has 0 N–H and O–H groups in total. The Morgan fingerprint density at radius 3 is 2.76 bits per heavy atom. The number of rotatable bonds is 2. The van der Waals surface area contributed by atoms with Gasteiger partial charge in [0, 0.05) is 15.6 Å². The number of carbonyl (C=O) groups excluding carboxylic acids is 1. The minimum Gasteiger partial charge on any atom is -0.289 e. The van der Waals surface area contributed by atoms with Crippen LogP contribution in [0.4, 0.5) is 0 Å². The highest BCUT2D eigenvalue weighted by molar-refractivity contribution is 9.10. The highest BCUT2D eigenvalue weighted by Gasteiger charge is 2.22. The lowest BCUT2D eigenvalue weighted by molar-refractivity contribution is 0.102. The standard InChI is InChI=1S/C19H17BrO/c1-2-13-5-3-4-6-15(13)11-16-8-7-14-9-10-17(20)12-18(14)19(16)21/h3-6,9-12H,2,7-8H2,1H3. The van der Waals surface area contributed by atoms with Gasteiger partial charge in [-0.25, -0.2) is 0 Å². The summed E-state index contributed by atoms with van der Waals surface area (Å²) in [7, 11) is 0. The van der Waals surface area contributed by atoms with Gasteiger partial charge in [0.25, 0.3) is 0 Å². The molecule has 0 aromatic heterocycles. The first kappa shape index (κ1) is 14.3. The van der Waals surface area contributed by atoms with Crippen molar-refractivity contribution in [3.8, 4) is 0 Å². The van der Waals surface area contributed by atoms with Gasteiger partial charge in [-0.05, 0) is 54.2 Å². The summed E-state index contributed by atoms with van der Waals surface area (Å²) in [6.07, 6.45) is 4.82. The number of aryl methyl sites for hydroxylation is 2. The molecule has 1 nitrogen and oxygen atoms in total. The fourth-order valence-electron chi connectivity index (χ4n) is 2.86. The Hall–Kier alpha value is -1.67. The fraction of sp³-hybridized carbons (Fsp3) is 0.211. The van der Waals surface area contributed by atoms with Crippen LogP contribution in [-0.4, -0.2) is 5.78 Å². The molecule has 2 aromatic rings. The van der Waals surface area contributed by atoms with Crippen LogP contribution in [0.2, 0.25) is 0 Å². The van der Waals surface area contributed by atoms with Gasteiger partial charge in [-0.1, -0.05) is 53.2 Å². The van der Waals surface area contributed by atoms with E-state index < -0.39 is 0 Å². The number of allylic oxidation sites excluding steroid dienone is 1. The highest BCUT2D eigenvalue weighted by atomic mass is 79.9. The van der Waals surface area contributed by atoms with Gasteiger partial charge in [0.05, 0.1) is 0 Å². The van der Waals surface area contributed by atoms with Crippen LogP contribution < -0.4 is 0 Å². The minimum atomic E-state index is 0.170. The van der Waals surface area contributed by atoms with Crippen LogP contribution >= 0.6 is 15.9 Å². The second-order valence-corrected chi connectivity index (χ2v) is 6.27. The maximum absolute atomic E-state index is 12.7. The lowest BCUT2D eigenvalue weighted by Crippen LogP contribution is -2.14. The van der Waals surface area contributed by atoms with Crippen LogP contribution in [0.5, 0.6) is 0 Å². The topological polar surface area (TPSA) is 17.1 Å². The number of benzene rings is 2. The zero-order chi connectivity index (χ0) is 14.8. The number of ketones is 1. The van der Waals surface area contributed by atoms with Crippen molar-refractivity contribution in [1.29, 1.82) is 0 Å². The van der Waals surface area contributed by atoms with Crippen molar-refractivity contribution < 1.29 is 4.79 Å². The van der Waals surface area contributed by atoms with Crippen LogP contribution in [0.15, 0.2) is 52.5 Å². The zero-order valence-electron chi connectivity index (χ0n) is 12.0. The molecule has 0 unspecified atom stereocenters. The Balaban J connectivity index is 2.01. The largest absolute Gasteiger partial charge is 0.289 e. The number of hydrogen-bond donors (Lipinski definition) is 0. The molecule has 0 fully saturated rings. The van der Waals surface area contributed by atoms with Crippen LogP contribution in [-0.2, 0) is 12.8 Å². The molecule has 2 aromatic carbocycles. The summed E-state index contributed by atoms with van der Waals surface area (Å²) in [4.78, 5) is 12.7. The number of halogens is 1. The molecule has 2 heteroatoms. The molecular formula is C19H17BrO. The van der Waals surface area contributed by atoms with E-state index in [4.69, 9.17) is 0 Å². The Morgan fingerprint density at radius 2 is 1.95 bits per heavy atom. The van der Waals surface area contributed by atoms with Crippen molar-refractivity contribution in [2.45, 2.75) is 26.2 Å². The van der Waals surface area contributed by atoms with Crippen molar-refractivity contribution in [1.82, 2.24) is 0 Å². The normalized spacial score (nSPS) is 16.1. The minimum absolute atomic E-state index is 0.170. The van der Waals surface area contributed by atoms with Crippen molar-refractivity contribution in [3.63, 3.8) is 0 Å². The van der Waals surface area contributed by atoms with Gasteiger partial charge < -0.3 is 0 Å². The first-order valence-electron chi connectivity index (χ1n) is 7.30. The summed E-state index contributed by atoms with van der Waals surface area (Å²) in [5.41, 5.74) is 5.38. The van der Waals surface area contributed by atoms with E-state index in [-0.39, 0.29) is 5.78 Å². The maximum Gasteiger partial charge on any atom is 0.189 e. The van der Waals surface area contributed by atoms with E-state index in [9.17, 15) is 4.79 Å². The van der Waals surface area contributed by atoms with E-state index in [1.165, 1.54) is 11.1 Å². The third-order valence-electron chi connectivity index (χ3n) is 4.04. The first-order valence-corrected chi connectivity index (χ1v) is 8.10. The lowest BCUT2D eigenvalue weighted by atomic mass is 9.85. The Morgan fingerprint density at radius 1 is 1.14 bits per heavy atom. The number of hydrogen-bond acceptors (Lipinski definition) is 1. The predicted octanol–water partition coefficient (Wildman–Crippen LogP) is 5.22. The number of Topliss-reactive ketones (excluding diaryl/α,β-unsaturated/α-hetero) is 1. The van der Waals surface area contributed by atoms with E-state index in [1.54, 1.807) is 0 Å². The molecule has 21 heavy (non-hydrogen) atoms. The predicted molar refractivity (Wildman–Crippen MR) is 90.6 cm³/mol. The van der Waals surface area contributed by atoms with Gasteiger partial charge in [0.1, 0.15) is 0 Å². The second-order valence-electron chi connectivity index (χ2n) is 5.35. The molecular weight excluding hydrogens is 324 g/mol. The Bertz CT molecular complexity index is 728. The van der Waals surface area contributed by atoms with E-state index >= 15 is 0 Å². The van der Waals surface area contributed by atoms with E-state index in [0.29, 0.717) is 0 Å². The zero-order valence-corrected chi connectivity index (χ0v) is 13.6. The third-order valence-corrected chi connectivity index (χ3v) is 4.53. The van der Waals surface area contributed by atoms with Crippen LogP contribution in [0.1, 0.15) is 40.4 Å². The van der Waals surface area contributed by atoms with E-state index in [0.717, 1.165) is 40.4 Å². The van der Waals surface area contributed by atoms with E-state index in [2.05, 4.69) is 47.1 Å². The summed E-state index contributed by atoms with van der Waals surface area (Å²) in [6, 6.07) is 14.3. The molecule has 1 aliphatic rings. The van der Waals surface area contributed by atoms with Gasteiger partial charge in [-0.15, -0.1) is 0 Å². The molecule has 0 amide bonds. The fourth-order valence-corrected chi connectivity index (χ4v) is 3.22. The third kappa shape index (κ3) is 2.86. The van der Waals surface area contributed by atoms with Crippen molar-refractivity contribution >= 4 is 27.8 Å². The van der Waals surface area contributed by atoms with Crippen molar-refractivity contribution in [3.05, 3.63) is 74.8 Å². The number of fused-ring (bicyclic) bond motifs is 1. The monoisotopic (exact) mass is 340 g/mol. The second kappa shape index (κ2) is 5.98. The van der Waals surface area contributed by atoms with Crippen LogP contribution in [0.3, 0.4) is 0 Å². The molecule has 0 saturated carbocycles. The smallest absolute Gasteiger partial charge is 0.189 e. The lowest BCUT2D eigenvalue weighted by Gasteiger charge is -2.18. The summed E-state index contributed by atoms with van der Waals surface area (Å²) in [6.45, 7) is 2.15.